The van der Waals surface area contributed by atoms with Gasteiger partial charge in [-0.05, 0) is 79.0 Å². The molecular weight excluding hydrogens is 362 g/mol. The summed E-state index contributed by atoms with van der Waals surface area (Å²) in [6.45, 7) is 6.66. The van der Waals surface area contributed by atoms with Crippen LogP contribution < -0.4 is 14.8 Å². The largest absolute Gasteiger partial charge is 0.333 e. The fourth-order valence-corrected chi connectivity index (χ4v) is 4.87. The van der Waals surface area contributed by atoms with Gasteiger partial charge in [-0.15, -0.1) is 0 Å². The van der Waals surface area contributed by atoms with Gasteiger partial charge in [-0.1, -0.05) is 26.8 Å². The van der Waals surface area contributed by atoms with Crippen LogP contribution in [-0.4, -0.2) is 21.0 Å². The Hall–Kier alpha value is -1.60. The molecule has 150 valence electrons. The van der Waals surface area contributed by atoms with Crippen LogP contribution in [0.5, 0.6) is 0 Å². The molecule has 0 aliphatic heterocycles. The van der Waals surface area contributed by atoms with E-state index in [1.54, 1.807) is 0 Å². The zero-order chi connectivity index (χ0) is 19.7. The van der Waals surface area contributed by atoms with Crippen molar-refractivity contribution in [2.45, 2.75) is 72.1 Å². The van der Waals surface area contributed by atoms with Crippen molar-refractivity contribution in [1.29, 1.82) is 0 Å². The lowest BCUT2D eigenvalue weighted by Crippen LogP contribution is -2.43. The van der Waals surface area contributed by atoms with E-state index in [1.165, 1.54) is 22.3 Å². The minimum Gasteiger partial charge on any atom is -0.307 e. The summed E-state index contributed by atoms with van der Waals surface area (Å²) in [5.41, 5.74) is 5.97. The Balaban J connectivity index is 1.62. The van der Waals surface area contributed by atoms with Gasteiger partial charge in [0.1, 0.15) is 0 Å². The Kier molecular flexibility index (Phi) is 5.82. The predicted octanol–water partition coefficient (Wildman–Crippen LogP) is 3.45. The van der Waals surface area contributed by atoms with Crippen molar-refractivity contribution in [3.05, 3.63) is 28.3 Å². The Morgan fingerprint density at radius 2 is 1.63 bits per heavy atom. The molecule has 2 aliphatic carbocycles. The molecule has 2 amide bonds. The molecule has 0 bridgehead atoms. The Bertz CT molecular complexity index is 794. The van der Waals surface area contributed by atoms with Crippen LogP contribution in [-0.2, 0) is 35.9 Å². The van der Waals surface area contributed by atoms with Crippen LogP contribution in [0.25, 0.3) is 0 Å². The second-order valence-electron chi connectivity index (χ2n) is 8.85. The molecule has 1 aromatic carbocycles. The molecule has 7 heteroatoms. The monoisotopic (exact) mass is 393 g/mol. The maximum Gasteiger partial charge on any atom is 0.333 e. The predicted molar refractivity (Wildman–Crippen MR) is 108 cm³/mol. The van der Waals surface area contributed by atoms with Crippen LogP contribution >= 0.6 is 0 Å². The number of nitrogens with one attached hydrogen (secondary N) is 3. The third kappa shape index (κ3) is 5.23. The fourth-order valence-electron chi connectivity index (χ4n) is 4.09. The topological polar surface area (TPSA) is 87.3 Å². The molecule has 1 aromatic rings. The summed E-state index contributed by atoms with van der Waals surface area (Å²) in [7, 11) is -3.86. The molecule has 6 nitrogen and oxygen atoms in total. The second-order valence-corrected chi connectivity index (χ2v) is 10.4. The Morgan fingerprint density at radius 1 is 1.04 bits per heavy atom. The summed E-state index contributed by atoms with van der Waals surface area (Å²) >= 11 is 0. The summed E-state index contributed by atoms with van der Waals surface area (Å²) in [5, 5.41) is 2.84. The van der Waals surface area contributed by atoms with E-state index in [0.29, 0.717) is 6.54 Å². The van der Waals surface area contributed by atoms with Crippen LogP contribution in [0.1, 0.15) is 68.7 Å². The first-order valence-electron chi connectivity index (χ1n) is 9.89. The molecule has 0 spiro atoms. The zero-order valence-electron chi connectivity index (χ0n) is 16.6. The maximum absolute atomic E-state index is 12.4. The fraction of sp³-hybridized carbons (Fsp3) is 0.650. The smallest absolute Gasteiger partial charge is 0.307 e. The van der Waals surface area contributed by atoms with Crippen molar-refractivity contribution in [2.24, 2.45) is 5.41 Å². The number of carbonyl (C=O) groups excluding carboxylic acids is 1. The standard InChI is InChI=1S/C20H31N3O3S/c1-20(2,3)11-6-12-21-27(25,26)23-19(24)22-18-16-9-4-7-14(16)13-15-8-5-10-17(15)18/h13,21H,4-12H2,1-3H3,(H2,22,23,24). The van der Waals surface area contributed by atoms with Crippen LogP contribution in [0.3, 0.4) is 0 Å². The average Bonchev–Trinajstić information content (AvgIpc) is 3.18. The lowest BCUT2D eigenvalue weighted by molar-refractivity contribution is 0.256. The van der Waals surface area contributed by atoms with Gasteiger partial charge in [0.05, 0.1) is 0 Å². The molecule has 2 aliphatic rings. The van der Waals surface area contributed by atoms with Crippen LogP contribution in [0.4, 0.5) is 10.5 Å². The van der Waals surface area contributed by atoms with Crippen molar-refractivity contribution in [3.63, 3.8) is 0 Å². The lowest BCUT2D eigenvalue weighted by Gasteiger charge is -2.18. The van der Waals surface area contributed by atoms with Crippen LogP contribution in [0.15, 0.2) is 6.07 Å². The quantitative estimate of drug-likeness (QED) is 0.647. The van der Waals surface area contributed by atoms with E-state index < -0.39 is 16.2 Å². The molecule has 0 unspecified atom stereocenters. The third-order valence-corrected chi connectivity index (χ3v) is 6.37. The molecular formula is C20H31N3O3S. The number of hydrogen-bond donors (Lipinski definition) is 3. The first kappa shape index (κ1) is 20.1. The number of carbonyl (C=O) groups is 1. The van der Waals surface area contributed by atoms with Gasteiger partial charge in [-0.3, -0.25) is 0 Å². The highest BCUT2D eigenvalue weighted by Crippen LogP contribution is 2.38. The van der Waals surface area contributed by atoms with E-state index in [4.69, 9.17) is 0 Å². The average molecular weight is 394 g/mol. The summed E-state index contributed by atoms with van der Waals surface area (Å²) in [4.78, 5) is 12.4. The van der Waals surface area contributed by atoms with Crippen LogP contribution in [0, 0.1) is 5.41 Å². The molecule has 3 rings (SSSR count). The normalized spacial score (nSPS) is 16.1. The van der Waals surface area contributed by atoms with Gasteiger partial charge in [0.15, 0.2) is 0 Å². The molecule has 0 aromatic heterocycles. The summed E-state index contributed by atoms with van der Waals surface area (Å²) in [5.74, 6) is 0. The molecule has 3 N–H and O–H groups in total. The molecule has 0 radical (unpaired) electrons. The van der Waals surface area contributed by atoms with E-state index in [9.17, 15) is 13.2 Å². The summed E-state index contributed by atoms with van der Waals surface area (Å²) in [6, 6.07) is 1.59. The number of rotatable bonds is 6. The van der Waals surface area contributed by atoms with E-state index in [0.717, 1.165) is 57.1 Å². The number of anilines is 1. The zero-order valence-corrected chi connectivity index (χ0v) is 17.4. The minimum atomic E-state index is -3.86. The molecule has 0 saturated carbocycles. The van der Waals surface area contributed by atoms with Crippen molar-refractivity contribution >= 4 is 21.9 Å². The third-order valence-electron chi connectivity index (χ3n) is 5.33. The first-order valence-corrected chi connectivity index (χ1v) is 11.4. The van der Waals surface area contributed by atoms with E-state index in [1.807, 2.05) is 0 Å². The number of hydrogen-bond acceptors (Lipinski definition) is 3. The number of urea groups is 1. The highest BCUT2D eigenvalue weighted by atomic mass is 32.2. The van der Waals surface area contributed by atoms with E-state index in [-0.39, 0.29) is 5.41 Å². The van der Waals surface area contributed by atoms with Gasteiger partial charge in [-0.2, -0.15) is 13.1 Å². The Labute approximate surface area is 162 Å². The summed E-state index contributed by atoms with van der Waals surface area (Å²) < 4.78 is 28.8. The SMILES string of the molecule is CC(C)(C)CCCNS(=O)(=O)NC(=O)Nc1c2c(cc3c1CCC3)CCC2. The van der Waals surface area contributed by atoms with Gasteiger partial charge >= 0.3 is 16.2 Å². The van der Waals surface area contributed by atoms with E-state index >= 15 is 0 Å². The molecule has 0 fully saturated rings. The van der Waals surface area contributed by atoms with Gasteiger partial charge in [0.25, 0.3) is 0 Å². The van der Waals surface area contributed by atoms with Crippen molar-refractivity contribution in [1.82, 2.24) is 9.44 Å². The van der Waals surface area contributed by atoms with Crippen molar-refractivity contribution in [2.75, 3.05) is 11.9 Å². The van der Waals surface area contributed by atoms with Gasteiger partial charge in [-0.25, -0.2) is 9.52 Å². The number of amides is 2. The molecule has 0 saturated heterocycles. The minimum absolute atomic E-state index is 0.157. The molecule has 0 heterocycles. The highest BCUT2D eigenvalue weighted by molar-refractivity contribution is 7.88. The molecule has 27 heavy (non-hydrogen) atoms. The lowest BCUT2D eigenvalue weighted by atomic mass is 9.91. The molecule has 0 atom stereocenters. The first-order chi connectivity index (χ1) is 12.6. The summed E-state index contributed by atoms with van der Waals surface area (Å²) in [6.07, 6.45) is 7.76. The second kappa shape index (κ2) is 7.80. The highest BCUT2D eigenvalue weighted by Gasteiger charge is 2.25. The van der Waals surface area contributed by atoms with Crippen molar-refractivity contribution in [3.8, 4) is 0 Å². The van der Waals surface area contributed by atoms with Crippen molar-refractivity contribution < 1.29 is 13.2 Å². The van der Waals surface area contributed by atoms with Gasteiger partial charge < -0.3 is 5.32 Å². The number of aryl methyl sites for hydroxylation is 2. The maximum atomic E-state index is 12.4. The number of fused-ring (bicyclic) bond motifs is 2. The van der Waals surface area contributed by atoms with Crippen LogP contribution in [0.2, 0.25) is 0 Å². The van der Waals surface area contributed by atoms with Gasteiger partial charge in [0, 0.05) is 12.2 Å². The van der Waals surface area contributed by atoms with Gasteiger partial charge in [0.2, 0.25) is 0 Å². The Morgan fingerprint density at radius 3 is 2.19 bits per heavy atom. The van der Waals surface area contributed by atoms with E-state index in [2.05, 4.69) is 41.6 Å². The number of benzene rings is 1.